The molecule has 0 radical (unpaired) electrons. The zero-order valence-electron chi connectivity index (χ0n) is 12.2. The Morgan fingerprint density at radius 2 is 2.10 bits per heavy atom. The van der Waals surface area contributed by atoms with Gasteiger partial charge < -0.3 is 10.1 Å². The van der Waals surface area contributed by atoms with E-state index in [0.717, 1.165) is 16.8 Å². The van der Waals surface area contributed by atoms with Crippen LogP contribution in [0.4, 0.5) is 10.1 Å². The molecule has 1 atom stereocenters. The van der Waals surface area contributed by atoms with Crippen LogP contribution in [0.15, 0.2) is 36.7 Å². The van der Waals surface area contributed by atoms with Crippen molar-refractivity contribution in [3.63, 3.8) is 0 Å². The number of nitrogens with one attached hydrogen (secondary N) is 1. The minimum Gasteiger partial charge on any atom is -0.465 e. The number of hydrogen-bond donors (Lipinski definition) is 1. The van der Waals surface area contributed by atoms with Gasteiger partial charge in [0, 0.05) is 11.9 Å². The SMILES string of the molecule is COC(=O)c1ccc(NC(C)c2cncc(F)c2)c(C)c1. The van der Waals surface area contributed by atoms with Crippen LogP contribution < -0.4 is 5.32 Å². The second kappa shape index (κ2) is 6.35. The lowest BCUT2D eigenvalue weighted by atomic mass is 10.1. The second-order valence-corrected chi connectivity index (χ2v) is 4.82. The number of aromatic nitrogens is 1. The van der Waals surface area contributed by atoms with Gasteiger partial charge in [0.05, 0.1) is 24.9 Å². The Morgan fingerprint density at radius 3 is 2.71 bits per heavy atom. The summed E-state index contributed by atoms with van der Waals surface area (Å²) in [6, 6.07) is 6.60. The van der Waals surface area contributed by atoms with Crippen LogP contribution in [0.25, 0.3) is 0 Å². The molecule has 0 aliphatic carbocycles. The standard InChI is InChI=1S/C16H17FN2O2/c1-10-6-12(16(20)21-3)4-5-15(10)19-11(2)13-7-14(17)9-18-8-13/h4-9,11,19H,1-3H3. The Balaban J connectivity index is 2.18. The number of hydrogen-bond acceptors (Lipinski definition) is 4. The monoisotopic (exact) mass is 288 g/mol. The molecular weight excluding hydrogens is 271 g/mol. The lowest BCUT2D eigenvalue weighted by Crippen LogP contribution is -2.09. The number of carbonyl (C=O) groups excluding carboxylic acids is 1. The average molecular weight is 288 g/mol. The highest BCUT2D eigenvalue weighted by Crippen LogP contribution is 2.23. The first-order chi connectivity index (χ1) is 10.0. The summed E-state index contributed by atoms with van der Waals surface area (Å²) in [6.45, 7) is 3.81. The Kier molecular flexibility index (Phi) is 4.52. The molecule has 21 heavy (non-hydrogen) atoms. The Bertz CT molecular complexity index is 658. The first-order valence-corrected chi connectivity index (χ1v) is 6.57. The van der Waals surface area contributed by atoms with Gasteiger partial charge in [0.2, 0.25) is 0 Å². The minimum atomic E-state index is -0.368. The summed E-state index contributed by atoms with van der Waals surface area (Å²) in [7, 11) is 1.35. The number of carbonyl (C=O) groups is 1. The second-order valence-electron chi connectivity index (χ2n) is 4.82. The first-order valence-electron chi connectivity index (χ1n) is 6.57. The molecule has 0 saturated carbocycles. The third kappa shape index (κ3) is 3.56. The molecule has 5 heteroatoms. The van der Waals surface area contributed by atoms with Gasteiger partial charge in [0.1, 0.15) is 5.82 Å². The van der Waals surface area contributed by atoms with E-state index in [1.807, 2.05) is 19.9 Å². The number of nitrogens with zero attached hydrogens (tertiary/aromatic N) is 1. The molecule has 2 aromatic rings. The molecule has 0 amide bonds. The summed E-state index contributed by atoms with van der Waals surface area (Å²) in [5, 5.41) is 3.28. The highest BCUT2D eigenvalue weighted by molar-refractivity contribution is 5.90. The van der Waals surface area contributed by atoms with Crippen LogP contribution in [-0.4, -0.2) is 18.1 Å². The van der Waals surface area contributed by atoms with Gasteiger partial charge in [0.15, 0.2) is 0 Å². The van der Waals surface area contributed by atoms with E-state index in [-0.39, 0.29) is 17.8 Å². The lowest BCUT2D eigenvalue weighted by Gasteiger charge is -2.17. The fourth-order valence-corrected chi connectivity index (χ4v) is 2.05. The van der Waals surface area contributed by atoms with Crippen LogP contribution in [0.3, 0.4) is 0 Å². The van der Waals surface area contributed by atoms with Crippen LogP contribution in [0.5, 0.6) is 0 Å². The van der Waals surface area contributed by atoms with Crippen molar-refractivity contribution in [1.29, 1.82) is 0 Å². The van der Waals surface area contributed by atoms with E-state index in [2.05, 4.69) is 15.0 Å². The van der Waals surface area contributed by atoms with E-state index in [1.54, 1.807) is 18.3 Å². The molecule has 1 heterocycles. The van der Waals surface area contributed by atoms with Gasteiger partial charge >= 0.3 is 5.97 Å². The van der Waals surface area contributed by atoms with Crippen LogP contribution >= 0.6 is 0 Å². The van der Waals surface area contributed by atoms with E-state index in [9.17, 15) is 9.18 Å². The molecule has 1 aromatic carbocycles. The molecular formula is C16H17FN2O2. The number of rotatable bonds is 4. The van der Waals surface area contributed by atoms with Crippen molar-refractivity contribution < 1.29 is 13.9 Å². The summed E-state index contributed by atoms with van der Waals surface area (Å²) in [5.74, 6) is -0.731. The van der Waals surface area contributed by atoms with Crippen molar-refractivity contribution in [2.45, 2.75) is 19.9 Å². The maximum atomic E-state index is 13.2. The molecule has 0 bridgehead atoms. The molecule has 2 rings (SSSR count). The molecule has 0 fully saturated rings. The number of benzene rings is 1. The molecule has 1 aromatic heterocycles. The van der Waals surface area contributed by atoms with Gasteiger partial charge in [-0.3, -0.25) is 4.98 Å². The Morgan fingerprint density at radius 1 is 1.33 bits per heavy atom. The summed E-state index contributed by atoms with van der Waals surface area (Å²) < 4.78 is 17.9. The van der Waals surface area contributed by atoms with Gasteiger partial charge in [-0.15, -0.1) is 0 Å². The van der Waals surface area contributed by atoms with Crippen molar-refractivity contribution >= 4 is 11.7 Å². The van der Waals surface area contributed by atoms with Crippen LogP contribution in [0, 0.1) is 12.7 Å². The van der Waals surface area contributed by atoms with Crippen molar-refractivity contribution in [2.75, 3.05) is 12.4 Å². The molecule has 110 valence electrons. The maximum Gasteiger partial charge on any atom is 0.337 e. The fourth-order valence-electron chi connectivity index (χ4n) is 2.05. The number of halogens is 1. The van der Waals surface area contributed by atoms with Crippen LogP contribution in [0.1, 0.15) is 34.5 Å². The lowest BCUT2D eigenvalue weighted by molar-refractivity contribution is 0.0600. The number of aryl methyl sites for hydroxylation is 1. The van der Waals surface area contributed by atoms with Crippen molar-refractivity contribution in [3.05, 3.63) is 59.2 Å². The largest absolute Gasteiger partial charge is 0.465 e. The summed E-state index contributed by atoms with van der Waals surface area (Å²) in [6.07, 6.45) is 2.80. The highest BCUT2D eigenvalue weighted by Gasteiger charge is 2.11. The van der Waals surface area contributed by atoms with E-state index >= 15 is 0 Å². The highest BCUT2D eigenvalue weighted by atomic mass is 19.1. The van der Waals surface area contributed by atoms with E-state index < -0.39 is 0 Å². The quantitative estimate of drug-likeness (QED) is 0.875. The average Bonchev–Trinajstić information content (AvgIpc) is 2.48. The summed E-state index contributed by atoms with van der Waals surface area (Å²) >= 11 is 0. The molecule has 0 aliphatic rings. The van der Waals surface area contributed by atoms with Crippen molar-refractivity contribution in [2.24, 2.45) is 0 Å². The summed E-state index contributed by atoms with van der Waals surface area (Å²) in [4.78, 5) is 15.3. The van der Waals surface area contributed by atoms with Crippen molar-refractivity contribution in [1.82, 2.24) is 4.98 Å². The Hall–Kier alpha value is -2.43. The first kappa shape index (κ1) is 15.0. The third-order valence-corrected chi connectivity index (χ3v) is 3.25. The normalized spacial score (nSPS) is 11.8. The smallest absolute Gasteiger partial charge is 0.337 e. The van der Waals surface area contributed by atoms with E-state index in [4.69, 9.17) is 0 Å². The van der Waals surface area contributed by atoms with E-state index in [0.29, 0.717) is 5.56 Å². The number of esters is 1. The maximum absolute atomic E-state index is 13.2. The van der Waals surface area contributed by atoms with Gasteiger partial charge in [-0.1, -0.05) is 0 Å². The molecule has 0 aliphatic heterocycles. The summed E-state index contributed by atoms with van der Waals surface area (Å²) in [5.41, 5.74) is 3.04. The molecule has 1 unspecified atom stereocenters. The van der Waals surface area contributed by atoms with Gasteiger partial charge in [-0.05, 0) is 49.2 Å². The number of anilines is 1. The van der Waals surface area contributed by atoms with E-state index in [1.165, 1.54) is 19.4 Å². The minimum absolute atomic E-state index is 0.101. The predicted molar refractivity (Wildman–Crippen MR) is 78.8 cm³/mol. The molecule has 4 nitrogen and oxygen atoms in total. The van der Waals surface area contributed by atoms with Gasteiger partial charge in [-0.2, -0.15) is 0 Å². The van der Waals surface area contributed by atoms with Crippen LogP contribution in [0.2, 0.25) is 0 Å². The zero-order chi connectivity index (χ0) is 15.4. The molecule has 0 spiro atoms. The molecule has 1 N–H and O–H groups in total. The zero-order valence-corrected chi connectivity index (χ0v) is 12.2. The molecule has 0 saturated heterocycles. The predicted octanol–water partition coefficient (Wildman–Crippen LogP) is 3.49. The van der Waals surface area contributed by atoms with Gasteiger partial charge in [0.25, 0.3) is 0 Å². The number of pyridine rings is 1. The number of ether oxygens (including phenoxy) is 1. The fraction of sp³-hybridized carbons (Fsp3) is 0.250. The Labute approximate surface area is 123 Å². The van der Waals surface area contributed by atoms with Gasteiger partial charge in [-0.25, -0.2) is 9.18 Å². The number of methoxy groups -OCH3 is 1. The van der Waals surface area contributed by atoms with Crippen LogP contribution in [-0.2, 0) is 4.74 Å². The van der Waals surface area contributed by atoms with Crippen molar-refractivity contribution in [3.8, 4) is 0 Å². The topological polar surface area (TPSA) is 51.2 Å². The third-order valence-electron chi connectivity index (χ3n) is 3.25.